The molecule has 0 aliphatic heterocycles. The van der Waals surface area contributed by atoms with E-state index in [4.69, 9.17) is 24.1 Å². The minimum atomic E-state index is -0.741. The molecule has 0 fully saturated rings. The van der Waals surface area contributed by atoms with Crippen LogP contribution in [0, 0.1) is 6.92 Å². The maximum atomic E-state index is 12.6. The molecule has 0 heterocycles. The number of aliphatic hydroxyl groups is 1. The molecule has 0 spiro atoms. The van der Waals surface area contributed by atoms with E-state index in [2.05, 4.69) is 13.2 Å². The summed E-state index contributed by atoms with van der Waals surface area (Å²) in [4.78, 5) is 35.8. The zero-order chi connectivity index (χ0) is 27.7. The molecular formula is C30H28O8. The molecule has 0 bridgehead atoms. The first-order valence-electron chi connectivity index (χ1n) is 11.7. The maximum Gasteiger partial charge on any atom is 0.343 e. The molecule has 0 aliphatic carbocycles. The molecule has 0 atom stereocenters. The zero-order valence-electron chi connectivity index (χ0n) is 21.2. The fourth-order valence-corrected chi connectivity index (χ4v) is 3.17. The lowest BCUT2D eigenvalue weighted by molar-refractivity contribution is -0.139. The smallest absolute Gasteiger partial charge is 0.343 e. The standard InChI is InChI=1S/C30H28O8/c1-19(2)28(32)36-16-15-35-25-10-5-22(6-11-25)23-7-12-26(13-8-23)37-30(34)24-9-14-27(20(3)17-24)38-29(33)21(4)18-31/h5-14,17,31H,1,4,15-16,18H2,2-3H3. The van der Waals surface area contributed by atoms with Crippen molar-refractivity contribution in [3.05, 3.63) is 102 Å². The molecule has 0 saturated heterocycles. The van der Waals surface area contributed by atoms with Gasteiger partial charge in [0.1, 0.15) is 30.5 Å². The molecule has 0 amide bonds. The minimum Gasteiger partial charge on any atom is -0.490 e. The topological polar surface area (TPSA) is 108 Å². The van der Waals surface area contributed by atoms with Crippen molar-refractivity contribution in [2.24, 2.45) is 0 Å². The van der Waals surface area contributed by atoms with E-state index < -0.39 is 24.5 Å². The molecule has 3 rings (SSSR count). The number of aryl methyl sites for hydroxylation is 1. The SMILES string of the molecule is C=C(C)C(=O)OCCOc1ccc(-c2ccc(OC(=O)c3ccc(OC(=O)C(=C)CO)c(C)c3)cc2)cc1. The predicted molar refractivity (Wildman–Crippen MR) is 141 cm³/mol. The van der Waals surface area contributed by atoms with Crippen LogP contribution in [0.2, 0.25) is 0 Å². The molecule has 3 aromatic rings. The highest BCUT2D eigenvalue weighted by Crippen LogP contribution is 2.26. The van der Waals surface area contributed by atoms with Gasteiger partial charge in [-0.3, -0.25) is 0 Å². The number of aliphatic hydroxyl groups excluding tert-OH is 1. The summed E-state index contributed by atoms with van der Waals surface area (Å²) in [6, 6.07) is 19.0. The van der Waals surface area contributed by atoms with Gasteiger partial charge in [-0.1, -0.05) is 37.4 Å². The van der Waals surface area contributed by atoms with E-state index in [1.54, 1.807) is 32.0 Å². The van der Waals surface area contributed by atoms with Gasteiger partial charge in [0.05, 0.1) is 17.7 Å². The van der Waals surface area contributed by atoms with Gasteiger partial charge in [0.15, 0.2) is 0 Å². The Balaban J connectivity index is 1.55. The first kappa shape index (κ1) is 27.9. The summed E-state index contributed by atoms with van der Waals surface area (Å²) in [7, 11) is 0. The number of benzene rings is 3. The van der Waals surface area contributed by atoms with Crippen LogP contribution in [0.5, 0.6) is 17.2 Å². The fraction of sp³-hybridized carbons (Fsp3) is 0.167. The Hall–Kier alpha value is -4.69. The molecule has 0 aromatic heterocycles. The van der Waals surface area contributed by atoms with Crippen LogP contribution in [-0.4, -0.2) is 42.8 Å². The summed E-state index contributed by atoms with van der Waals surface area (Å²) >= 11 is 0. The van der Waals surface area contributed by atoms with Crippen LogP contribution >= 0.6 is 0 Å². The van der Waals surface area contributed by atoms with Crippen LogP contribution in [0.4, 0.5) is 0 Å². The van der Waals surface area contributed by atoms with E-state index in [0.29, 0.717) is 22.6 Å². The van der Waals surface area contributed by atoms with Crippen LogP contribution in [0.1, 0.15) is 22.8 Å². The summed E-state index contributed by atoms with van der Waals surface area (Å²) in [5.74, 6) is -0.483. The molecule has 0 aliphatic rings. The third kappa shape index (κ3) is 7.65. The third-order valence-electron chi connectivity index (χ3n) is 5.28. The zero-order valence-corrected chi connectivity index (χ0v) is 21.2. The Morgan fingerprint density at radius 2 is 1.39 bits per heavy atom. The van der Waals surface area contributed by atoms with E-state index in [0.717, 1.165) is 11.1 Å². The molecular weight excluding hydrogens is 488 g/mol. The first-order chi connectivity index (χ1) is 18.2. The van der Waals surface area contributed by atoms with E-state index in [9.17, 15) is 14.4 Å². The first-order valence-corrected chi connectivity index (χ1v) is 11.7. The Morgan fingerprint density at radius 1 is 0.789 bits per heavy atom. The van der Waals surface area contributed by atoms with Crippen molar-refractivity contribution < 1.29 is 38.4 Å². The molecule has 0 radical (unpaired) electrons. The van der Waals surface area contributed by atoms with Crippen LogP contribution in [0.15, 0.2) is 91.0 Å². The number of rotatable bonds is 11. The quantitative estimate of drug-likeness (QED) is 0.167. The van der Waals surface area contributed by atoms with Gasteiger partial charge in [0, 0.05) is 5.57 Å². The summed E-state index contributed by atoms with van der Waals surface area (Å²) in [5.41, 5.74) is 2.96. The molecule has 3 aromatic carbocycles. The highest BCUT2D eigenvalue weighted by Gasteiger charge is 2.14. The van der Waals surface area contributed by atoms with Crippen molar-refractivity contribution in [1.29, 1.82) is 0 Å². The van der Waals surface area contributed by atoms with Gasteiger partial charge in [-0.2, -0.15) is 0 Å². The summed E-state index contributed by atoms with van der Waals surface area (Å²) in [6.45, 7) is 10.1. The lowest BCUT2D eigenvalue weighted by Crippen LogP contribution is -2.14. The van der Waals surface area contributed by atoms with Crippen LogP contribution in [-0.2, 0) is 14.3 Å². The second-order valence-electron chi connectivity index (χ2n) is 8.33. The highest BCUT2D eigenvalue weighted by atomic mass is 16.6. The van der Waals surface area contributed by atoms with E-state index in [1.165, 1.54) is 12.1 Å². The Kier molecular flexibility index (Phi) is 9.56. The van der Waals surface area contributed by atoms with Crippen molar-refractivity contribution in [2.45, 2.75) is 13.8 Å². The van der Waals surface area contributed by atoms with Gasteiger partial charge in [-0.05, 0) is 73.0 Å². The average molecular weight is 517 g/mol. The number of carbonyl (C=O) groups excluding carboxylic acids is 3. The number of hydrogen-bond acceptors (Lipinski definition) is 8. The Labute approximate surface area is 220 Å². The van der Waals surface area contributed by atoms with Crippen molar-refractivity contribution in [1.82, 2.24) is 0 Å². The second-order valence-corrected chi connectivity index (χ2v) is 8.33. The molecule has 1 N–H and O–H groups in total. The lowest BCUT2D eigenvalue weighted by Gasteiger charge is -2.10. The molecule has 8 nitrogen and oxygen atoms in total. The van der Waals surface area contributed by atoms with E-state index in [1.807, 2.05) is 36.4 Å². The van der Waals surface area contributed by atoms with Gasteiger partial charge >= 0.3 is 17.9 Å². The fourth-order valence-electron chi connectivity index (χ4n) is 3.17. The normalized spacial score (nSPS) is 10.3. The van der Waals surface area contributed by atoms with Gasteiger partial charge in [-0.15, -0.1) is 0 Å². The summed E-state index contributed by atoms with van der Waals surface area (Å²) < 4.78 is 21.2. The monoisotopic (exact) mass is 516 g/mol. The largest absolute Gasteiger partial charge is 0.490 e. The Morgan fingerprint density at radius 3 is 1.95 bits per heavy atom. The maximum absolute atomic E-state index is 12.6. The van der Waals surface area contributed by atoms with Crippen LogP contribution in [0.3, 0.4) is 0 Å². The number of carbonyl (C=O) groups is 3. The predicted octanol–water partition coefficient (Wildman–Crippen LogP) is 4.83. The van der Waals surface area contributed by atoms with Gasteiger partial charge in [-0.25, -0.2) is 14.4 Å². The molecule has 8 heteroatoms. The van der Waals surface area contributed by atoms with Gasteiger partial charge < -0.3 is 24.1 Å². The number of esters is 3. The minimum absolute atomic E-state index is 0.0700. The van der Waals surface area contributed by atoms with Crippen molar-refractivity contribution in [3.8, 4) is 28.4 Å². The lowest BCUT2D eigenvalue weighted by atomic mass is 10.1. The van der Waals surface area contributed by atoms with Crippen molar-refractivity contribution in [3.63, 3.8) is 0 Å². The molecule has 0 saturated carbocycles. The van der Waals surface area contributed by atoms with Crippen molar-refractivity contribution >= 4 is 17.9 Å². The highest BCUT2D eigenvalue weighted by molar-refractivity contribution is 5.92. The molecule has 38 heavy (non-hydrogen) atoms. The van der Waals surface area contributed by atoms with Crippen LogP contribution < -0.4 is 14.2 Å². The van der Waals surface area contributed by atoms with E-state index in [-0.39, 0.29) is 30.1 Å². The number of ether oxygens (including phenoxy) is 4. The average Bonchev–Trinajstić information content (AvgIpc) is 2.92. The Bertz CT molecular complexity index is 1340. The summed E-state index contributed by atoms with van der Waals surface area (Å²) in [6.07, 6.45) is 0. The molecule has 0 unspecified atom stereocenters. The van der Waals surface area contributed by atoms with Gasteiger partial charge in [0.25, 0.3) is 0 Å². The number of hydrogen-bond donors (Lipinski definition) is 1. The van der Waals surface area contributed by atoms with Crippen LogP contribution in [0.25, 0.3) is 11.1 Å². The second kappa shape index (κ2) is 13.0. The van der Waals surface area contributed by atoms with E-state index >= 15 is 0 Å². The summed E-state index contributed by atoms with van der Waals surface area (Å²) in [5, 5.41) is 8.98. The van der Waals surface area contributed by atoms with Gasteiger partial charge in [0.2, 0.25) is 0 Å². The third-order valence-corrected chi connectivity index (χ3v) is 5.28. The van der Waals surface area contributed by atoms with Crippen molar-refractivity contribution in [2.75, 3.05) is 19.8 Å². The molecule has 196 valence electrons.